The highest BCUT2D eigenvalue weighted by Crippen LogP contribution is 2.39. The van der Waals surface area contributed by atoms with E-state index in [1.165, 1.54) is 47.3 Å². The third-order valence-corrected chi connectivity index (χ3v) is 9.67. The lowest BCUT2D eigenvalue weighted by Gasteiger charge is -2.10. The van der Waals surface area contributed by atoms with Crippen molar-refractivity contribution >= 4 is 53.1 Å². The van der Waals surface area contributed by atoms with E-state index >= 15 is 0 Å². The Morgan fingerprint density at radius 3 is 1.80 bits per heavy atom. The van der Waals surface area contributed by atoms with Gasteiger partial charge in [-0.25, -0.2) is 15.0 Å². The molecule has 7 aromatic carbocycles. The van der Waals surface area contributed by atoms with Gasteiger partial charge in [0.2, 0.25) is 0 Å². The normalized spacial score (nSPS) is 11.6. The van der Waals surface area contributed by atoms with E-state index in [9.17, 15) is 0 Å². The van der Waals surface area contributed by atoms with Gasteiger partial charge >= 0.3 is 0 Å². The first kappa shape index (κ1) is 25.8. The Labute approximate surface area is 264 Å². The molecule has 4 heteroatoms. The summed E-state index contributed by atoms with van der Waals surface area (Å²) in [6, 6.07) is 53.4. The summed E-state index contributed by atoms with van der Waals surface area (Å²) in [6.45, 7) is 0. The molecule has 0 spiro atoms. The van der Waals surface area contributed by atoms with Crippen molar-refractivity contribution < 1.29 is 0 Å². The number of nitrogens with zero attached hydrogens (tertiary/aromatic N) is 3. The van der Waals surface area contributed by atoms with E-state index in [0.717, 1.165) is 22.3 Å². The number of hydrogen-bond acceptors (Lipinski definition) is 4. The molecule has 3 nitrogen and oxygen atoms in total. The van der Waals surface area contributed by atoms with Crippen LogP contribution in [0.1, 0.15) is 0 Å². The van der Waals surface area contributed by atoms with Crippen molar-refractivity contribution in [2.45, 2.75) is 0 Å². The second-order valence-electron chi connectivity index (χ2n) is 11.2. The van der Waals surface area contributed by atoms with Gasteiger partial charge in [0.25, 0.3) is 0 Å². The molecule has 0 atom stereocenters. The van der Waals surface area contributed by atoms with Gasteiger partial charge in [0.15, 0.2) is 17.5 Å². The van der Waals surface area contributed by atoms with Crippen molar-refractivity contribution in [3.8, 4) is 45.3 Å². The first-order valence-corrected chi connectivity index (χ1v) is 15.8. The fraction of sp³-hybridized carbons (Fsp3) is 0. The molecule has 2 aromatic heterocycles. The minimum absolute atomic E-state index is 0.659. The Bertz CT molecular complexity index is 2530. The summed E-state index contributed by atoms with van der Waals surface area (Å²) in [5.41, 5.74) is 5.27. The van der Waals surface area contributed by atoms with E-state index in [1.54, 1.807) is 11.3 Å². The van der Waals surface area contributed by atoms with Crippen LogP contribution in [0, 0.1) is 0 Å². The van der Waals surface area contributed by atoms with Crippen molar-refractivity contribution in [3.63, 3.8) is 0 Å². The quantitative estimate of drug-likeness (QED) is 0.191. The standard InChI is InChI=1S/C41H25N3S/c1-2-10-28(11-3-1)39-42-40(44-41(43-39)35-14-8-16-37-38(35)34-13-6-7-15-36(34)45-37)29-20-17-26(18-21-29)30-23-24-33-31(25-30)22-19-27-9-4-5-12-32(27)33/h1-25H. The number of fused-ring (bicyclic) bond motifs is 6. The predicted octanol–water partition coefficient (Wildman–Crippen LogP) is 11.2. The second kappa shape index (κ2) is 10.5. The van der Waals surface area contributed by atoms with Crippen LogP contribution in [-0.2, 0) is 0 Å². The summed E-state index contributed by atoms with van der Waals surface area (Å²) in [4.78, 5) is 15.1. The zero-order valence-corrected chi connectivity index (χ0v) is 25.0. The Kier molecular flexibility index (Phi) is 6.00. The Balaban J connectivity index is 1.16. The van der Waals surface area contributed by atoms with Crippen LogP contribution in [0.3, 0.4) is 0 Å². The van der Waals surface area contributed by atoms with Gasteiger partial charge < -0.3 is 0 Å². The number of thiophene rings is 1. The van der Waals surface area contributed by atoms with E-state index < -0.39 is 0 Å². The van der Waals surface area contributed by atoms with Crippen molar-refractivity contribution in [1.82, 2.24) is 15.0 Å². The van der Waals surface area contributed by atoms with Gasteiger partial charge in [0.05, 0.1) is 0 Å². The Hall–Kier alpha value is -5.71. The molecule has 0 aliphatic rings. The van der Waals surface area contributed by atoms with Crippen LogP contribution in [0.2, 0.25) is 0 Å². The molecule has 0 N–H and O–H groups in total. The van der Waals surface area contributed by atoms with Crippen LogP contribution in [0.15, 0.2) is 152 Å². The maximum Gasteiger partial charge on any atom is 0.164 e. The van der Waals surface area contributed by atoms with Gasteiger partial charge in [-0.05, 0) is 50.9 Å². The molecular formula is C41H25N3S. The lowest BCUT2D eigenvalue weighted by atomic mass is 9.97. The molecule has 9 aromatic rings. The summed E-state index contributed by atoms with van der Waals surface area (Å²) < 4.78 is 2.49. The molecular weight excluding hydrogens is 567 g/mol. The van der Waals surface area contributed by atoms with Gasteiger partial charge in [0, 0.05) is 36.9 Å². The van der Waals surface area contributed by atoms with Crippen molar-refractivity contribution in [1.29, 1.82) is 0 Å². The molecule has 2 heterocycles. The molecule has 0 aliphatic heterocycles. The number of aromatic nitrogens is 3. The first-order valence-electron chi connectivity index (χ1n) is 15.0. The monoisotopic (exact) mass is 591 g/mol. The molecule has 0 saturated heterocycles. The zero-order valence-electron chi connectivity index (χ0n) is 24.2. The molecule has 0 amide bonds. The smallest absolute Gasteiger partial charge is 0.164 e. The third kappa shape index (κ3) is 4.46. The zero-order chi connectivity index (χ0) is 29.7. The van der Waals surface area contributed by atoms with E-state index in [1.807, 2.05) is 18.2 Å². The van der Waals surface area contributed by atoms with E-state index in [2.05, 4.69) is 133 Å². The van der Waals surface area contributed by atoms with Crippen LogP contribution in [0.4, 0.5) is 0 Å². The highest BCUT2D eigenvalue weighted by molar-refractivity contribution is 7.25. The molecule has 0 fully saturated rings. The van der Waals surface area contributed by atoms with Crippen molar-refractivity contribution in [3.05, 3.63) is 152 Å². The minimum Gasteiger partial charge on any atom is -0.208 e. The summed E-state index contributed by atoms with van der Waals surface area (Å²) in [6.07, 6.45) is 0. The molecule has 0 saturated carbocycles. The Morgan fingerprint density at radius 1 is 0.356 bits per heavy atom. The number of hydrogen-bond donors (Lipinski definition) is 0. The fourth-order valence-corrected chi connectivity index (χ4v) is 7.44. The average Bonchev–Trinajstić information content (AvgIpc) is 3.51. The molecule has 0 unspecified atom stereocenters. The van der Waals surface area contributed by atoms with Crippen LogP contribution in [-0.4, -0.2) is 15.0 Å². The highest BCUT2D eigenvalue weighted by atomic mass is 32.1. The summed E-state index contributed by atoms with van der Waals surface area (Å²) in [5, 5.41) is 7.46. The summed E-state index contributed by atoms with van der Waals surface area (Å²) in [5.74, 6) is 2.00. The predicted molar refractivity (Wildman–Crippen MR) is 189 cm³/mol. The highest BCUT2D eigenvalue weighted by Gasteiger charge is 2.17. The lowest BCUT2D eigenvalue weighted by molar-refractivity contribution is 1.08. The largest absolute Gasteiger partial charge is 0.208 e. The first-order chi connectivity index (χ1) is 22.3. The number of benzene rings is 7. The van der Waals surface area contributed by atoms with Crippen LogP contribution >= 0.6 is 11.3 Å². The van der Waals surface area contributed by atoms with Gasteiger partial charge in [-0.1, -0.05) is 133 Å². The maximum absolute atomic E-state index is 5.09. The second-order valence-corrected chi connectivity index (χ2v) is 12.3. The third-order valence-electron chi connectivity index (χ3n) is 8.53. The average molecular weight is 592 g/mol. The Morgan fingerprint density at radius 2 is 0.956 bits per heavy atom. The number of rotatable bonds is 4. The van der Waals surface area contributed by atoms with Crippen LogP contribution in [0.25, 0.3) is 87.0 Å². The minimum atomic E-state index is 0.659. The topological polar surface area (TPSA) is 38.7 Å². The van der Waals surface area contributed by atoms with E-state index in [0.29, 0.717) is 17.5 Å². The SMILES string of the molecule is c1ccc(-c2nc(-c3ccc(-c4ccc5c(ccc6ccccc65)c4)cc3)nc(-c3cccc4sc5ccccc5c34)n2)cc1. The summed E-state index contributed by atoms with van der Waals surface area (Å²) >= 11 is 1.80. The van der Waals surface area contributed by atoms with Gasteiger partial charge in [0.1, 0.15) is 0 Å². The molecule has 210 valence electrons. The van der Waals surface area contributed by atoms with Crippen LogP contribution in [0.5, 0.6) is 0 Å². The van der Waals surface area contributed by atoms with Crippen molar-refractivity contribution in [2.24, 2.45) is 0 Å². The molecule has 0 bridgehead atoms. The molecule has 0 radical (unpaired) electrons. The fourth-order valence-electron chi connectivity index (χ4n) is 6.31. The van der Waals surface area contributed by atoms with Crippen molar-refractivity contribution in [2.75, 3.05) is 0 Å². The van der Waals surface area contributed by atoms with Gasteiger partial charge in [-0.3, -0.25) is 0 Å². The van der Waals surface area contributed by atoms with E-state index in [-0.39, 0.29) is 0 Å². The maximum atomic E-state index is 5.09. The van der Waals surface area contributed by atoms with Gasteiger partial charge in [-0.2, -0.15) is 0 Å². The van der Waals surface area contributed by atoms with Gasteiger partial charge in [-0.15, -0.1) is 11.3 Å². The molecule has 45 heavy (non-hydrogen) atoms. The van der Waals surface area contributed by atoms with E-state index in [4.69, 9.17) is 15.0 Å². The molecule has 0 aliphatic carbocycles. The summed E-state index contributed by atoms with van der Waals surface area (Å²) in [7, 11) is 0. The molecule has 9 rings (SSSR count). The lowest BCUT2D eigenvalue weighted by Crippen LogP contribution is -2.00. The van der Waals surface area contributed by atoms with Crippen LogP contribution < -0.4 is 0 Å².